The zero-order chi connectivity index (χ0) is 7.40. The largest absolute Gasteiger partial charge is 0.304 e. The summed E-state index contributed by atoms with van der Waals surface area (Å²) in [6.45, 7) is 2.08. The maximum atomic E-state index is 5.26. The molecule has 0 heterocycles. The third-order valence-corrected chi connectivity index (χ3v) is 2.00. The molecule has 0 atom stereocenters. The highest BCUT2D eigenvalue weighted by atomic mass is 32.1. The van der Waals surface area contributed by atoms with Crippen LogP contribution in [0.5, 0.6) is 0 Å². The van der Waals surface area contributed by atoms with Crippen LogP contribution in [0.15, 0.2) is 29.2 Å². The van der Waals surface area contributed by atoms with E-state index >= 15 is 0 Å². The minimum absolute atomic E-state index is 1.09. The number of thiol groups is 1. The molecule has 2 heteroatoms. The average Bonchev–Trinajstić information content (AvgIpc) is 1.95. The Balaban J connectivity index is 2.89. The first-order chi connectivity index (χ1) is 4.83. The van der Waals surface area contributed by atoms with Crippen LogP contribution in [0.25, 0.3) is 0 Å². The lowest BCUT2D eigenvalue weighted by Crippen LogP contribution is -1.83. The van der Waals surface area contributed by atoms with E-state index in [1.165, 1.54) is 10.5 Å². The molecule has 0 radical (unpaired) electrons. The lowest BCUT2D eigenvalue weighted by Gasteiger charge is -1.92. The molecule has 0 spiro atoms. The normalized spacial score (nSPS) is 11.4. The fourth-order valence-electron chi connectivity index (χ4n) is 0.717. The number of nitrogens with two attached hydrogens (primary N) is 1. The van der Waals surface area contributed by atoms with Crippen LogP contribution in [0.2, 0.25) is 0 Å². The summed E-state index contributed by atoms with van der Waals surface area (Å²) in [5.74, 6) is 0. The first kappa shape index (κ1) is 7.51. The van der Waals surface area contributed by atoms with Crippen LogP contribution < -0.4 is 5.73 Å². The lowest BCUT2D eigenvalue weighted by molar-refractivity contribution is 1.38. The molecule has 2 N–H and O–H groups in total. The van der Waals surface area contributed by atoms with E-state index < -0.39 is 0 Å². The smallest absolute Gasteiger partial charge is 0.000168 e. The summed E-state index contributed by atoms with van der Waals surface area (Å²) in [4.78, 5) is 1.24. The highest BCUT2D eigenvalue weighted by Crippen LogP contribution is 2.09. The second-order valence-electron chi connectivity index (χ2n) is 2.11. The molecular weight excluding hydrogens is 142 g/mol. The van der Waals surface area contributed by atoms with Gasteiger partial charge in [0.05, 0.1) is 0 Å². The highest BCUT2D eigenvalue weighted by molar-refractivity contribution is 7.97. The molecule has 1 nitrogen and oxygen atoms in total. The summed E-state index contributed by atoms with van der Waals surface area (Å²) in [5.41, 5.74) is 8.19. The van der Waals surface area contributed by atoms with E-state index in [0.29, 0.717) is 0 Å². The zero-order valence-corrected chi connectivity index (χ0v) is 6.81. The maximum absolute atomic E-state index is 5.26. The Hall–Kier alpha value is -0.600. The summed E-state index contributed by atoms with van der Waals surface area (Å²) in [5, 5.41) is 0. The van der Waals surface area contributed by atoms with E-state index in [0.717, 1.165) is 11.4 Å². The molecule has 0 aliphatic rings. The predicted octanol–water partition coefficient (Wildman–Crippen LogP) is 1.54. The molecule has 1 aromatic rings. The van der Waals surface area contributed by atoms with Crippen molar-refractivity contribution in [2.45, 2.75) is 11.8 Å². The van der Waals surface area contributed by atoms with Crippen molar-refractivity contribution in [2.24, 2.45) is 5.73 Å². The van der Waals surface area contributed by atoms with Crippen molar-refractivity contribution >= 4 is 16.8 Å². The molecule has 54 valence electrons. The molecule has 1 rings (SSSR count). The Kier molecular flexibility index (Phi) is 2.66. The number of hydrogen-bond donors (Lipinski definition) is 2. The summed E-state index contributed by atoms with van der Waals surface area (Å²) < 4.78 is 0. The molecular formula is C8H11NS. The van der Waals surface area contributed by atoms with E-state index in [-0.39, 0.29) is 0 Å². The van der Waals surface area contributed by atoms with Gasteiger partial charge in [-0.05, 0) is 24.0 Å². The second-order valence-corrected chi connectivity index (χ2v) is 3.19. The minimum Gasteiger partial charge on any atom is -0.304 e. The second kappa shape index (κ2) is 3.54. The summed E-state index contributed by atoms with van der Waals surface area (Å²) in [7, 11) is 0. The monoisotopic (exact) mass is 153 g/mol. The van der Waals surface area contributed by atoms with Crippen molar-refractivity contribution in [3.8, 4) is 0 Å². The van der Waals surface area contributed by atoms with Gasteiger partial charge in [-0.15, -0.1) is 0 Å². The molecule has 0 bridgehead atoms. The van der Waals surface area contributed by atoms with Gasteiger partial charge < -0.3 is 5.73 Å². The molecule has 0 fully saturated rings. The van der Waals surface area contributed by atoms with Crippen LogP contribution in [-0.2, 0) is 0 Å². The molecule has 0 saturated heterocycles. The van der Waals surface area contributed by atoms with Gasteiger partial charge >= 0.3 is 0 Å². The van der Waals surface area contributed by atoms with E-state index in [1.807, 2.05) is 0 Å². The standard InChI is InChI=1S/C8H11NS/c1-7-2-4-8(5-3-7)10-6-9/h2-6,10H,9H2,1H3. The van der Waals surface area contributed by atoms with Crippen molar-refractivity contribution in [1.29, 1.82) is 0 Å². The van der Waals surface area contributed by atoms with Crippen LogP contribution in [0.1, 0.15) is 5.56 Å². The van der Waals surface area contributed by atoms with Gasteiger partial charge in [-0.25, -0.2) is 0 Å². The van der Waals surface area contributed by atoms with Gasteiger partial charge in [-0.3, -0.25) is 0 Å². The third kappa shape index (κ3) is 1.97. The fourth-order valence-corrected chi connectivity index (χ4v) is 1.21. The lowest BCUT2D eigenvalue weighted by atomic mass is 10.2. The van der Waals surface area contributed by atoms with Gasteiger partial charge in [0.2, 0.25) is 0 Å². The van der Waals surface area contributed by atoms with E-state index in [9.17, 15) is 0 Å². The van der Waals surface area contributed by atoms with Crippen LogP contribution in [-0.4, -0.2) is 5.49 Å². The van der Waals surface area contributed by atoms with Gasteiger partial charge in [0.1, 0.15) is 0 Å². The molecule has 0 aromatic heterocycles. The molecule has 0 saturated carbocycles. The Morgan fingerprint density at radius 3 is 2.40 bits per heavy atom. The van der Waals surface area contributed by atoms with Gasteiger partial charge in [0, 0.05) is 5.49 Å². The Bertz CT molecular complexity index is 226. The van der Waals surface area contributed by atoms with Gasteiger partial charge in [0.25, 0.3) is 0 Å². The van der Waals surface area contributed by atoms with Crippen molar-refractivity contribution in [2.75, 3.05) is 0 Å². The number of benzene rings is 1. The van der Waals surface area contributed by atoms with Crippen molar-refractivity contribution in [3.05, 3.63) is 29.8 Å². The summed E-state index contributed by atoms with van der Waals surface area (Å²) in [6, 6.07) is 8.35. The molecule has 0 amide bonds. The van der Waals surface area contributed by atoms with Gasteiger partial charge in [-0.1, -0.05) is 17.7 Å². The van der Waals surface area contributed by atoms with Crippen molar-refractivity contribution in [3.63, 3.8) is 0 Å². The van der Waals surface area contributed by atoms with Crippen molar-refractivity contribution in [1.82, 2.24) is 0 Å². The highest BCUT2D eigenvalue weighted by Gasteiger charge is 1.83. The van der Waals surface area contributed by atoms with E-state index in [2.05, 4.69) is 31.2 Å². The fraction of sp³-hybridized carbons (Fsp3) is 0.125. The Morgan fingerprint density at radius 2 is 1.90 bits per heavy atom. The van der Waals surface area contributed by atoms with E-state index in [1.54, 1.807) is 5.49 Å². The molecule has 0 aliphatic carbocycles. The molecule has 0 aliphatic heterocycles. The topological polar surface area (TPSA) is 26.0 Å². The zero-order valence-electron chi connectivity index (χ0n) is 5.91. The van der Waals surface area contributed by atoms with E-state index in [4.69, 9.17) is 5.73 Å². The average molecular weight is 153 g/mol. The number of hydrogen-bond acceptors (Lipinski definition) is 0. The first-order valence-corrected chi connectivity index (χ1v) is 4.10. The molecule has 0 unspecified atom stereocenters. The van der Waals surface area contributed by atoms with Gasteiger partial charge in [-0.2, -0.15) is 11.4 Å². The summed E-state index contributed by atoms with van der Waals surface area (Å²) >= 11 is 1.09. The first-order valence-electron chi connectivity index (χ1n) is 3.14. The molecule has 1 aromatic carbocycles. The number of aryl methyl sites for hydroxylation is 1. The molecule has 10 heavy (non-hydrogen) atoms. The van der Waals surface area contributed by atoms with Crippen LogP contribution in [0, 0.1) is 6.92 Å². The Morgan fingerprint density at radius 1 is 1.30 bits per heavy atom. The minimum atomic E-state index is 1.09. The SMILES string of the molecule is Cc1ccc([SH]=CN)cc1. The van der Waals surface area contributed by atoms with Crippen LogP contribution in [0.3, 0.4) is 0 Å². The number of rotatable bonds is 1. The maximum Gasteiger partial charge on any atom is 0.000168 e. The summed E-state index contributed by atoms with van der Waals surface area (Å²) in [6.07, 6.45) is 0. The van der Waals surface area contributed by atoms with Crippen LogP contribution in [0.4, 0.5) is 0 Å². The predicted molar refractivity (Wildman–Crippen MR) is 48.7 cm³/mol. The third-order valence-electron chi connectivity index (χ3n) is 1.26. The Labute approximate surface area is 64.8 Å². The van der Waals surface area contributed by atoms with Gasteiger partial charge in [0.15, 0.2) is 0 Å². The van der Waals surface area contributed by atoms with Crippen molar-refractivity contribution < 1.29 is 0 Å². The quantitative estimate of drug-likeness (QED) is 0.464. The van der Waals surface area contributed by atoms with Crippen LogP contribution >= 0.6 is 11.4 Å².